The van der Waals surface area contributed by atoms with Gasteiger partial charge in [-0.1, -0.05) is 0 Å². The molecule has 1 heterocycles. The Kier molecular flexibility index (Phi) is 5.50. The summed E-state index contributed by atoms with van der Waals surface area (Å²) in [6, 6.07) is 5.57. The van der Waals surface area contributed by atoms with E-state index in [-0.39, 0.29) is 0 Å². The Morgan fingerprint density at radius 1 is 1.14 bits per heavy atom. The molecule has 2 rings (SSSR count). The molecule has 0 bridgehead atoms. The van der Waals surface area contributed by atoms with Gasteiger partial charge in [-0.15, -0.1) is 11.3 Å². The van der Waals surface area contributed by atoms with Crippen molar-refractivity contribution in [2.45, 2.75) is 12.5 Å². The van der Waals surface area contributed by atoms with Crippen molar-refractivity contribution in [1.82, 2.24) is 0 Å². The molecule has 21 heavy (non-hydrogen) atoms. The third-order valence-electron chi connectivity index (χ3n) is 3.11. The highest BCUT2D eigenvalue weighted by atomic mass is 79.9. The first-order valence-electron chi connectivity index (χ1n) is 6.30. The van der Waals surface area contributed by atoms with E-state index in [2.05, 4.69) is 15.9 Å². The summed E-state index contributed by atoms with van der Waals surface area (Å²) in [5, 5.41) is 12.5. The first kappa shape index (κ1) is 16.1. The normalized spacial score (nSPS) is 12.0. The van der Waals surface area contributed by atoms with E-state index in [0.717, 1.165) is 9.35 Å². The zero-order valence-electron chi connectivity index (χ0n) is 12.1. The van der Waals surface area contributed by atoms with Gasteiger partial charge in [-0.2, -0.15) is 0 Å². The predicted octanol–water partition coefficient (Wildman–Crippen LogP) is 3.81. The minimum Gasteiger partial charge on any atom is -0.493 e. The van der Waals surface area contributed by atoms with E-state index >= 15 is 0 Å². The molecule has 0 saturated heterocycles. The average molecular weight is 373 g/mol. The van der Waals surface area contributed by atoms with Crippen molar-refractivity contribution in [1.29, 1.82) is 0 Å². The molecule has 2 aromatic rings. The van der Waals surface area contributed by atoms with Gasteiger partial charge in [0.25, 0.3) is 0 Å². The molecule has 0 radical (unpaired) electrons. The van der Waals surface area contributed by atoms with Gasteiger partial charge in [0.1, 0.15) is 0 Å². The van der Waals surface area contributed by atoms with Crippen LogP contribution in [0.5, 0.6) is 17.2 Å². The number of benzene rings is 1. The number of aliphatic hydroxyl groups excluding tert-OH is 1. The van der Waals surface area contributed by atoms with Crippen molar-refractivity contribution in [2.24, 2.45) is 0 Å². The molecule has 6 heteroatoms. The largest absolute Gasteiger partial charge is 0.493 e. The molecule has 0 spiro atoms. The minimum absolute atomic E-state index is 0.490. The number of rotatable bonds is 6. The molecule has 1 N–H and O–H groups in total. The summed E-state index contributed by atoms with van der Waals surface area (Å²) >= 11 is 5.02. The van der Waals surface area contributed by atoms with Crippen LogP contribution < -0.4 is 14.2 Å². The lowest BCUT2D eigenvalue weighted by Gasteiger charge is -2.18. The molecule has 0 aliphatic carbocycles. The minimum atomic E-state index is -0.676. The highest BCUT2D eigenvalue weighted by Crippen LogP contribution is 2.42. The van der Waals surface area contributed by atoms with Crippen molar-refractivity contribution in [2.75, 3.05) is 21.3 Å². The topological polar surface area (TPSA) is 47.9 Å². The smallest absolute Gasteiger partial charge is 0.203 e. The number of hydrogen-bond donors (Lipinski definition) is 1. The van der Waals surface area contributed by atoms with Gasteiger partial charge in [-0.05, 0) is 34.1 Å². The third-order valence-corrected chi connectivity index (χ3v) is 4.83. The molecule has 1 atom stereocenters. The zero-order valence-corrected chi connectivity index (χ0v) is 14.5. The maximum atomic E-state index is 10.5. The van der Waals surface area contributed by atoms with Crippen LogP contribution in [0.25, 0.3) is 0 Å². The second-order valence-electron chi connectivity index (χ2n) is 4.37. The number of halogens is 1. The first-order valence-corrected chi connectivity index (χ1v) is 7.97. The number of hydrogen-bond acceptors (Lipinski definition) is 5. The standard InChI is InChI=1S/C15H17BrO4S/c1-18-13-5-4-11(14(19-2)15(13)20-3)12(17)7-10-6-9(16)8-21-10/h4-6,8,12,17H,7H2,1-3H3. The lowest BCUT2D eigenvalue weighted by atomic mass is 10.0. The van der Waals surface area contributed by atoms with Gasteiger partial charge in [0.15, 0.2) is 11.5 Å². The van der Waals surface area contributed by atoms with Crippen LogP contribution in [0.3, 0.4) is 0 Å². The summed E-state index contributed by atoms with van der Waals surface area (Å²) in [4.78, 5) is 1.09. The summed E-state index contributed by atoms with van der Waals surface area (Å²) < 4.78 is 17.0. The van der Waals surface area contributed by atoms with Crippen molar-refractivity contribution < 1.29 is 19.3 Å². The van der Waals surface area contributed by atoms with E-state index in [0.29, 0.717) is 29.2 Å². The second kappa shape index (κ2) is 7.15. The summed E-state index contributed by atoms with van der Waals surface area (Å²) in [5.74, 6) is 1.56. The molecule has 1 unspecified atom stereocenters. The number of thiophene rings is 1. The van der Waals surface area contributed by atoms with E-state index in [4.69, 9.17) is 14.2 Å². The van der Waals surface area contributed by atoms with Gasteiger partial charge in [-0.3, -0.25) is 0 Å². The van der Waals surface area contributed by atoms with Gasteiger partial charge < -0.3 is 19.3 Å². The van der Waals surface area contributed by atoms with Crippen LogP contribution in [0, 0.1) is 0 Å². The summed E-state index contributed by atoms with van der Waals surface area (Å²) in [5.41, 5.74) is 0.680. The Labute approximate surface area is 136 Å². The highest BCUT2D eigenvalue weighted by Gasteiger charge is 2.21. The molecule has 1 aromatic carbocycles. The second-order valence-corrected chi connectivity index (χ2v) is 6.29. The molecule has 0 amide bonds. The first-order chi connectivity index (χ1) is 10.1. The SMILES string of the molecule is COc1ccc(C(O)Cc2cc(Br)cs2)c(OC)c1OC. The number of aliphatic hydroxyl groups is 1. The van der Waals surface area contributed by atoms with Crippen LogP contribution in [-0.4, -0.2) is 26.4 Å². The average Bonchev–Trinajstić information content (AvgIpc) is 2.90. The Morgan fingerprint density at radius 2 is 1.86 bits per heavy atom. The molecule has 0 aliphatic rings. The van der Waals surface area contributed by atoms with E-state index in [1.165, 1.54) is 0 Å². The molecule has 1 aromatic heterocycles. The Bertz CT molecular complexity index is 612. The maximum absolute atomic E-state index is 10.5. The van der Waals surface area contributed by atoms with E-state index in [1.807, 2.05) is 11.4 Å². The quantitative estimate of drug-likeness (QED) is 0.837. The lowest BCUT2D eigenvalue weighted by Crippen LogP contribution is -2.05. The Hall–Kier alpha value is -1.24. The fraction of sp³-hybridized carbons (Fsp3) is 0.333. The maximum Gasteiger partial charge on any atom is 0.203 e. The zero-order chi connectivity index (χ0) is 15.4. The van der Waals surface area contributed by atoms with Crippen LogP contribution >= 0.6 is 27.3 Å². The van der Waals surface area contributed by atoms with Crippen LogP contribution in [0.1, 0.15) is 16.5 Å². The molecule has 114 valence electrons. The van der Waals surface area contributed by atoms with Gasteiger partial charge >= 0.3 is 0 Å². The van der Waals surface area contributed by atoms with Crippen molar-refractivity contribution >= 4 is 27.3 Å². The van der Waals surface area contributed by atoms with Crippen LogP contribution in [-0.2, 0) is 6.42 Å². The Morgan fingerprint density at radius 3 is 2.38 bits per heavy atom. The van der Waals surface area contributed by atoms with Crippen molar-refractivity contribution in [3.8, 4) is 17.2 Å². The number of methoxy groups -OCH3 is 3. The van der Waals surface area contributed by atoms with E-state index < -0.39 is 6.10 Å². The molecule has 0 aliphatic heterocycles. The summed E-state index contributed by atoms with van der Waals surface area (Å²) in [6.45, 7) is 0. The van der Waals surface area contributed by atoms with E-state index in [1.54, 1.807) is 44.8 Å². The predicted molar refractivity (Wildman–Crippen MR) is 86.8 cm³/mol. The third kappa shape index (κ3) is 3.51. The van der Waals surface area contributed by atoms with Gasteiger partial charge in [-0.25, -0.2) is 0 Å². The molecule has 0 saturated carbocycles. The van der Waals surface area contributed by atoms with Gasteiger partial charge in [0, 0.05) is 26.7 Å². The van der Waals surface area contributed by atoms with E-state index in [9.17, 15) is 5.11 Å². The van der Waals surface area contributed by atoms with Crippen LogP contribution in [0.15, 0.2) is 28.1 Å². The Balaban J connectivity index is 2.33. The fourth-order valence-electron chi connectivity index (χ4n) is 2.15. The van der Waals surface area contributed by atoms with Gasteiger partial charge in [0.2, 0.25) is 5.75 Å². The fourth-order valence-corrected chi connectivity index (χ4v) is 3.64. The molecular formula is C15H17BrO4S. The highest BCUT2D eigenvalue weighted by molar-refractivity contribution is 9.10. The monoisotopic (exact) mass is 372 g/mol. The lowest BCUT2D eigenvalue weighted by molar-refractivity contribution is 0.173. The van der Waals surface area contributed by atoms with Crippen molar-refractivity contribution in [3.05, 3.63) is 38.5 Å². The van der Waals surface area contributed by atoms with Crippen LogP contribution in [0.2, 0.25) is 0 Å². The summed E-state index contributed by atoms with van der Waals surface area (Å²) in [6.07, 6.45) is -0.160. The summed E-state index contributed by atoms with van der Waals surface area (Å²) in [7, 11) is 4.67. The van der Waals surface area contributed by atoms with Gasteiger partial charge in [0.05, 0.1) is 27.4 Å². The number of ether oxygens (including phenoxy) is 3. The molecule has 0 fully saturated rings. The van der Waals surface area contributed by atoms with Crippen LogP contribution in [0.4, 0.5) is 0 Å². The molecule has 4 nitrogen and oxygen atoms in total. The van der Waals surface area contributed by atoms with Crippen molar-refractivity contribution in [3.63, 3.8) is 0 Å². The molecular weight excluding hydrogens is 356 g/mol.